The van der Waals surface area contributed by atoms with E-state index in [0.717, 1.165) is 0 Å². The molecule has 5 heteroatoms. The minimum Gasteiger partial charge on any atom is -0.480 e. The molecule has 0 aliphatic carbocycles. The predicted molar refractivity (Wildman–Crippen MR) is 57.7 cm³/mol. The fourth-order valence-electron chi connectivity index (χ4n) is 1.13. The topological polar surface area (TPSA) is 69.6 Å². The van der Waals surface area contributed by atoms with Crippen LogP contribution in [0.25, 0.3) is 0 Å². The van der Waals surface area contributed by atoms with Gasteiger partial charge in [0.1, 0.15) is 6.04 Å². The van der Waals surface area contributed by atoms with Gasteiger partial charge in [-0.25, -0.2) is 4.79 Å². The average Bonchev–Trinajstić information content (AvgIpc) is 2.13. The number of hydrogen-bond donors (Lipinski definition) is 2. The number of carboxylic acids is 1. The number of amides is 2. The van der Waals surface area contributed by atoms with Gasteiger partial charge in [0.25, 0.3) is 0 Å². The van der Waals surface area contributed by atoms with Crippen LogP contribution >= 0.6 is 0 Å². The summed E-state index contributed by atoms with van der Waals surface area (Å²) in [6, 6.07) is -1.17. The van der Waals surface area contributed by atoms with Crippen molar-refractivity contribution in [3.63, 3.8) is 0 Å². The lowest BCUT2D eigenvalue weighted by Gasteiger charge is -2.24. The molecular weight excluding hydrogens is 196 g/mol. The summed E-state index contributed by atoms with van der Waals surface area (Å²) in [4.78, 5) is 23.7. The summed E-state index contributed by atoms with van der Waals surface area (Å²) in [6.07, 6.45) is 0. The van der Waals surface area contributed by atoms with Gasteiger partial charge >= 0.3 is 12.0 Å². The third-order valence-corrected chi connectivity index (χ3v) is 1.96. The van der Waals surface area contributed by atoms with Crippen molar-refractivity contribution in [2.45, 2.75) is 33.7 Å². The van der Waals surface area contributed by atoms with Crippen LogP contribution in [0.5, 0.6) is 0 Å². The van der Waals surface area contributed by atoms with Gasteiger partial charge in [-0.2, -0.15) is 0 Å². The molecule has 0 radical (unpaired) electrons. The second-order valence-corrected chi connectivity index (χ2v) is 3.94. The fourth-order valence-corrected chi connectivity index (χ4v) is 1.13. The Morgan fingerprint density at radius 1 is 1.33 bits per heavy atom. The Morgan fingerprint density at radius 3 is 2.20 bits per heavy atom. The Hall–Kier alpha value is -1.26. The average molecular weight is 216 g/mol. The van der Waals surface area contributed by atoms with Crippen LogP contribution in [0.4, 0.5) is 4.79 Å². The third-order valence-electron chi connectivity index (χ3n) is 1.96. The molecule has 0 unspecified atom stereocenters. The van der Waals surface area contributed by atoms with E-state index >= 15 is 0 Å². The van der Waals surface area contributed by atoms with Crippen molar-refractivity contribution in [2.75, 3.05) is 13.1 Å². The van der Waals surface area contributed by atoms with Crippen molar-refractivity contribution >= 4 is 12.0 Å². The maximum Gasteiger partial charge on any atom is 0.325 e. The quantitative estimate of drug-likeness (QED) is 0.724. The fraction of sp³-hybridized carbons (Fsp3) is 0.800. The molecule has 0 aromatic heterocycles. The Kier molecular flexibility index (Phi) is 5.74. The molecule has 0 saturated heterocycles. The van der Waals surface area contributed by atoms with Crippen LogP contribution in [-0.2, 0) is 4.79 Å². The number of urea groups is 1. The number of rotatable bonds is 5. The highest BCUT2D eigenvalue weighted by atomic mass is 16.4. The van der Waals surface area contributed by atoms with Gasteiger partial charge in [0.15, 0.2) is 0 Å². The Labute approximate surface area is 90.5 Å². The summed E-state index contributed by atoms with van der Waals surface area (Å²) in [7, 11) is 0. The van der Waals surface area contributed by atoms with Crippen molar-refractivity contribution in [1.82, 2.24) is 10.2 Å². The molecule has 2 amide bonds. The second kappa shape index (κ2) is 6.27. The van der Waals surface area contributed by atoms with Crippen molar-refractivity contribution < 1.29 is 14.7 Å². The number of carbonyl (C=O) groups excluding carboxylic acids is 1. The summed E-state index contributed by atoms with van der Waals surface area (Å²) >= 11 is 0. The van der Waals surface area contributed by atoms with Gasteiger partial charge < -0.3 is 15.3 Å². The van der Waals surface area contributed by atoms with Crippen LogP contribution in [0, 0.1) is 5.92 Å². The molecule has 0 saturated carbocycles. The standard InChI is InChI=1S/C10H20N2O3/c1-5-12(6-7(2)3)10(15)11-8(4)9(13)14/h7-8H,5-6H2,1-4H3,(H,11,15)(H,13,14)/t8-/m1/s1. The van der Waals surface area contributed by atoms with Crippen LogP contribution in [-0.4, -0.2) is 41.1 Å². The Bertz CT molecular complexity index is 229. The highest BCUT2D eigenvalue weighted by molar-refractivity contribution is 5.82. The van der Waals surface area contributed by atoms with Gasteiger partial charge in [-0.1, -0.05) is 13.8 Å². The van der Waals surface area contributed by atoms with Crippen LogP contribution in [0.1, 0.15) is 27.7 Å². The molecule has 0 bridgehead atoms. The molecule has 0 heterocycles. The molecule has 88 valence electrons. The molecule has 1 atom stereocenters. The number of carbonyl (C=O) groups is 2. The van der Waals surface area contributed by atoms with E-state index in [4.69, 9.17) is 5.11 Å². The van der Waals surface area contributed by atoms with Gasteiger partial charge in [-0.3, -0.25) is 4.79 Å². The summed E-state index contributed by atoms with van der Waals surface area (Å²) in [5.41, 5.74) is 0. The van der Waals surface area contributed by atoms with Crippen molar-refractivity contribution in [2.24, 2.45) is 5.92 Å². The summed E-state index contributed by atoms with van der Waals surface area (Å²) in [5.74, 6) is -0.653. The monoisotopic (exact) mass is 216 g/mol. The molecule has 0 rings (SSSR count). The molecule has 0 aromatic carbocycles. The van der Waals surface area contributed by atoms with E-state index in [1.807, 2.05) is 20.8 Å². The van der Waals surface area contributed by atoms with Crippen molar-refractivity contribution in [3.05, 3.63) is 0 Å². The van der Waals surface area contributed by atoms with E-state index in [9.17, 15) is 9.59 Å². The molecule has 15 heavy (non-hydrogen) atoms. The highest BCUT2D eigenvalue weighted by Gasteiger charge is 2.18. The summed E-state index contributed by atoms with van der Waals surface area (Å²) < 4.78 is 0. The van der Waals surface area contributed by atoms with Crippen LogP contribution in [0.15, 0.2) is 0 Å². The van der Waals surface area contributed by atoms with Gasteiger partial charge in [-0.05, 0) is 19.8 Å². The van der Waals surface area contributed by atoms with Gasteiger partial charge in [0, 0.05) is 13.1 Å². The van der Waals surface area contributed by atoms with E-state index in [0.29, 0.717) is 19.0 Å². The lowest BCUT2D eigenvalue weighted by atomic mass is 10.2. The van der Waals surface area contributed by atoms with Gasteiger partial charge in [-0.15, -0.1) is 0 Å². The minimum absolute atomic E-state index is 0.318. The molecule has 2 N–H and O–H groups in total. The molecule has 0 spiro atoms. The normalized spacial score (nSPS) is 12.3. The second-order valence-electron chi connectivity index (χ2n) is 3.94. The first-order valence-electron chi connectivity index (χ1n) is 5.16. The van der Waals surface area contributed by atoms with Gasteiger partial charge in [0.05, 0.1) is 0 Å². The number of hydrogen-bond acceptors (Lipinski definition) is 2. The summed E-state index contributed by atoms with van der Waals surface area (Å²) in [5, 5.41) is 11.1. The Morgan fingerprint density at radius 2 is 1.87 bits per heavy atom. The lowest BCUT2D eigenvalue weighted by Crippen LogP contribution is -2.47. The van der Waals surface area contributed by atoms with Crippen molar-refractivity contribution in [3.8, 4) is 0 Å². The van der Waals surface area contributed by atoms with E-state index in [1.165, 1.54) is 6.92 Å². The van der Waals surface area contributed by atoms with E-state index < -0.39 is 12.0 Å². The molecule has 0 fully saturated rings. The third kappa shape index (κ3) is 5.24. The van der Waals surface area contributed by atoms with Crippen LogP contribution in [0.2, 0.25) is 0 Å². The number of nitrogens with zero attached hydrogens (tertiary/aromatic N) is 1. The zero-order chi connectivity index (χ0) is 12.0. The number of nitrogens with one attached hydrogen (secondary N) is 1. The molecule has 5 nitrogen and oxygen atoms in total. The predicted octanol–water partition coefficient (Wildman–Crippen LogP) is 1.15. The van der Waals surface area contributed by atoms with Crippen molar-refractivity contribution in [1.29, 1.82) is 0 Å². The molecule has 0 aromatic rings. The molecule has 0 aliphatic rings. The zero-order valence-corrected chi connectivity index (χ0v) is 9.78. The number of aliphatic carboxylic acids is 1. The highest BCUT2D eigenvalue weighted by Crippen LogP contribution is 1.99. The SMILES string of the molecule is CCN(CC(C)C)C(=O)N[C@H](C)C(=O)O. The summed E-state index contributed by atoms with van der Waals surface area (Å²) in [6.45, 7) is 8.55. The van der Waals surface area contributed by atoms with E-state index in [-0.39, 0.29) is 6.03 Å². The lowest BCUT2D eigenvalue weighted by molar-refractivity contribution is -0.138. The molecular formula is C10H20N2O3. The first-order valence-corrected chi connectivity index (χ1v) is 5.16. The first-order chi connectivity index (χ1) is 6.88. The van der Waals surface area contributed by atoms with E-state index in [2.05, 4.69) is 5.32 Å². The Balaban J connectivity index is 4.21. The zero-order valence-electron chi connectivity index (χ0n) is 9.78. The van der Waals surface area contributed by atoms with Crippen LogP contribution in [0.3, 0.4) is 0 Å². The maximum absolute atomic E-state index is 11.6. The van der Waals surface area contributed by atoms with Crippen LogP contribution < -0.4 is 5.32 Å². The first kappa shape index (κ1) is 13.7. The smallest absolute Gasteiger partial charge is 0.325 e. The number of carboxylic acid groups (broad SMARTS) is 1. The minimum atomic E-state index is -1.02. The van der Waals surface area contributed by atoms with Gasteiger partial charge in [0.2, 0.25) is 0 Å². The largest absolute Gasteiger partial charge is 0.480 e. The maximum atomic E-state index is 11.6. The van der Waals surface area contributed by atoms with E-state index in [1.54, 1.807) is 4.90 Å². The molecule has 0 aliphatic heterocycles.